The van der Waals surface area contributed by atoms with Crippen LogP contribution in [0.4, 0.5) is 0 Å². The van der Waals surface area contributed by atoms with Crippen LogP contribution in [0.5, 0.6) is 0 Å². The summed E-state index contributed by atoms with van der Waals surface area (Å²) in [4.78, 5) is 11.6. The highest BCUT2D eigenvalue weighted by molar-refractivity contribution is 6.45. The Morgan fingerprint density at radius 1 is 1.12 bits per heavy atom. The molecule has 1 aliphatic heterocycles. The monoisotopic (exact) mass is 240 g/mol. The molecule has 17 heavy (non-hydrogen) atoms. The van der Waals surface area contributed by atoms with E-state index < -0.39 is 0 Å². The summed E-state index contributed by atoms with van der Waals surface area (Å²) in [5, 5.41) is 0. The maximum atomic E-state index is 11.6. The number of carbonyl (C=O) groups excluding carboxylic acids is 1. The standard InChI is InChI=1S/C13H25BO3/c1-10(2)9-11(15)7-8-14-16-12(3,4)13(5,6)17-14/h10H,7-9H2,1-6H3. The smallest absolute Gasteiger partial charge is 0.403 e. The van der Waals surface area contributed by atoms with Crippen LogP contribution >= 0.6 is 0 Å². The van der Waals surface area contributed by atoms with E-state index in [9.17, 15) is 4.79 Å². The fourth-order valence-corrected chi connectivity index (χ4v) is 1.92. The van der Waals surface area contributed by atoms with Gasteiger partial charge in [-0.2, -0.15) is 0 Å². The van der Waals surface area contributed by atoms with Gasteiger partial charge in [0.15, 0.2) is 0 Å². The van der Waals surface area contributed by atoms with Crippen molar-refractivity contribution < 1.29 is 14.1 Å². The van der Waals surface area contributed by atoms with Crippen molar-refractivity contribution in [2.24, 2.45) is 5.92 Å². The van der Waals surface area contributed by atoms with E-state index in [0.717, 1.165) is 0 Å². The highest BCUT2D eigenvalue weighted by Crippen LogP contribution is 2.37. The van der Waals surface area contributed by atoms with E-state index >= 15 is 0 Å². The van der Waals surface area contributed by atoms with Crippen LogP contribution in [0.25, 0.3) is 0 Å². The van der Waals surface area contributed by atoms with E-state index in [0.29, 0.717) is 30.9 Å². The molecular formula is C13H25BO3. The van der Waals surface area contributed by atoms with Gasteiger partial charge >= 0.3 is 7.12 Å². The molecule has 0 saturated carbocycles. The third kappa shape index (κ3) is 3.82. The van der Waals surface area contributed by atoms with Crippen molar-refractivity contribution in [1.82, 2.24) is 0 Å². The highest BCUT2D eigenvalue weighted by Gasteiger charge is 2.50. The predicted molar refractivity (Wildman–Crippen MR) is 70.0 cm³/mol. The second-order valence-corrected chi connectivity index (χ2v) is 6.36. The molecule has 0 bridgehead atoms. The van der Waals surface area contributed by atoms with Gasteiger partial charge in [-0.25, -0.2) is 0 Å². The molecule has 0 aromatic carbocycles. The van der Waals surface area contributed by atoms with Gasteiger partial charge in [0.2, 0.25) is 0 Å². The van der Waals surface area contributed by atoms with E-state index in [1.54, 1.807) is 0 Å². The molecule has 4 heteroatoms. The van der Waals surface area contributed by atoms with E-state index in [1.165, 1.54) is 0 Å². The van der Waals surface area contributed by atoms with E-state index in [1.807, 2.05) is 27.7 Å². The van der Waals surface area contributed by atoms with Crippen LogP contribution in [-0.2, 0) is 14.1 Å². The zero-order valence-corrected chi connectivity index (χ0v) is 12.0. The molecular weight excluding hydrogens is 215 g/mol. The van der Waals surface area contributed by atoms with Crippen LogP contribution in [0.15, 0.2) is 0 Å². The van der Waals surface area contributed by atoms with Crippen LogP contribution in [-0.4, -0.2) is 24.1 Å². The summed E-state index contributed by atoms with van der Waals surface area (Å²) in [6, 6.07) is 0. The SMILES string of the molecule is CC(C)CC(=O)CCB1OC(C)(C)C(C)(C)O1. The molecule has 1 saturated heterocycles. The number of ketones is 1. The zero-order valence-electron chi connectivity index (χ0n) is 12.0. The predicted octanol–water partition coefficient (Wildman–Crippen LogP) is 3.08. The lowest BCUT2D eigenvalue weighted by Gasteiger charge is -2.32. The normalized spacial score (nSPS) is 22.2. The summed E-state index contributed by atoms with van der Waals surface area (Å²) in [6.07, 6.45) is 1.87. The summed E-state index contributed by atoms with van der Waals surface area (Å²) >= 11 is 0. The Labute approximate surface area is 105 Å². The molecule has 1 rings (SSSR count). The fraction of sp³-hybridized carbons (Fsp3) is 0.923. The number of rotatable bonds is 5. The molecule has 0 amide bonds. The molecule has 0 unspecified atom stereocenters. The largest absolute Gasteiger partial charge is 0.458 e. The third-order valence-electron chi connectivity index (χ3n) is 3.60. The molecule has 1 aliphatic rings. The van der Waals surface area contributed by atoms with Gasteiger partial charge in [0, 0.05) is 12.8 Å². The van der Waals surface area contributed by atoms with Crippen molar-refractivity contribution in [1.29, 1.82) is 0 Å². The summed E-state index contributed by atoms with van der Waals surface area (Å²) < 4.78 is 11.7. The van der Waals surface area contributed by atoms with E-state index in [2.05, 4.69) is 13.8 Å². The Kier molecular flexibility index (Phi) is 4.42. The molecule has 0 atom stereocenters. The molecule has 1 fully saturated rings. The average molecular weight is 240 g/mol. The lowest BCUT2D eigenvalue weighted by atomic mass is 9.81. The summed E-state index contributed by atoms with van der Waals surface area (Å²) in [5.74, 6) is 0.732. The molecule has 0 spiro atoms. The van der Waals surface area contributed by atoms with Crippen molar-refractivity contribution in [2.75, 3.05) is 0 Å². The van der Waals surface area contributed by atoms with E-state index in [4.69, 9.17) is 9.31 Å². The molecule has 0 N–H and O–H groups in total. The summed E-state index contributed by atoms with van der Waals surface area (Å²) in [5.41, 5.74) is -0.586. The second kappa shape index (κ2) is 5.11. The molecule has 1 heterocycles. The first-order chi connectivity index (χ1) is 7.64. The number of hydrogen-bond donors (Lipinski definition) is 0. The van der Waals surface area contributed by atoms with Crippen molar-refractivity contribution >= 4 is 12.9 Å². The van der Waals surface area contributed by atoms with Gasteiger partial charge in [0.05, 0.1) is 11.2 Å². The van der Waals surface area contributed by atoms with Gasteiger partial charge in [-0.05, 0) is 39.9 Å². The van der Waals surface area contributed by atoms with Crippen LogP contribution in [0.1, 0.15) is 54.4 Å². The van der Waals surface area contributed by atoms with Crippen LogP contribution < -0.4 is 0 Å². The highest BCUT2D eigenvalue weighted by atomic mass is 16.7. The maximum Gasteiger partial charge on any atom is 0.458 e. The van der Waals surface area contributed by atoms with Crippen molar-refractivity contribution in [3.8, 4) is 0 Å². The Balaban J connectivity index is 2.39. The minimum Gasteiger partial charge on any atom is -0.403 e. The number of carbonyl (C=O) groups is 1. The fourth-order valence-electron chi connectivity index (χ4n) is 1.92. The Hall–Kier alpha value is -0.345. The van der Waals surface area contributed by atoms with Gasteiger partial charge in [-0.15, -0.1) is 0 Å². The molecule has 98 valence electrons. The molecule has 0 aliphatic carbocycles. The van der Waals surface area contributed by atoms with Crippen LogP contribution in [0.3, 0.4) is 0 Å². The molecule has 3 nitrogen and oxygen atoms in total. The average Bonchev–Trinajstić information content (AvgIpc) is 2.31. The zero-order chi connectivity index (χ0) is 13.3. The van der Waals surface area contributed by atoms with Crippen LogP contribution in [0, 0.1) is 5.92 Å². The third-order valence-corrected chi connectivity index (χ3v) is 3.60. The van der Waals surface area contributed by atoms with E-state index in [-0.39, 0.29) is 18.3 Å². The quantitative estimate of drug-likeness (QED) is 0.692. The number of Topliss-reactive ketones (excluding diaryl/α,β-unsaturated/α-hetero) is 1. The molecule has 0 aromatic heterocycles. The van der Waals surface area contributed by atoms with Crippen molar-refractivity contribution in [3.63, 3.8) is 0 Å². The maximum absolute atomic E-state index is 11.6. The Morgan fingerprint density at radius 2 is 1.59 bits per heavy atom. The topological polar surface area (TPSA) is 35.5 Å². The Morgan fingerprint density at radius 3 is 2.00 bits per heavy atom. The Bertz CT molecular complexity index is 268. The number of hydrogen-bond acceptors (Lipinski definition) is 3. The summed E-state index contributed by atoms with van der Waals surface area (Å²) in [6.45, 7) is 12.2. The van der Waals surface area contributed by atoms with Crippen molar-refractivity contribution in [3.05, 3.63) is 0 Å². The first-order valence-electron chi connectivity index (χ1n) is 6.51. The lowest BCUT2D eigenvalue weighted by Crippen LogP contribution is -2.41. The summed E-state index contributed by atoms with van der Waals surface area (Å²) in [7, 11) is -0.240. The molecule has 0 aromatic rings. The molecule has 0 radical (unpaired) electrons. The minimum atomic E-state index is -0.293. The lowest BCUT2D eigenvalue weighted by molar-refractivity contribution is -0.119. The first kappa shape index (κ1) is 14.7. The van der Waals surface area contributed by atoms with Gasteiger partial charge in [0.1, 0.15) is 5.78 Å². The van der Waals surface area contributed by atoms with Crippen LogP contribution in [0.2, 0.25) is 6.32 Å². The van der Waals surface area contributed by atoms with Gasteiger partial charge in [-0.1, -0.05) is 13.8 Å². The van der Waals surface area contributed by atoms with Gasteiger partial charge < -0.3 is 9.31 Å². The van der Waals surface area contributed by atoms with Gasteiger partial charge in [-0.3, -0.25) is 4.79 Å². The van der Waals surface area contributed by atoms with Crippen molar-refractivity contribution in [2.45, 2.75) is 71.9 Å². The second-order valence-electron chi connectivity index (χ2n) is 6.36. The first-order valence-corrected chi connectivity index (χ1v) is 6.51. The minimum absolute atomic E-state index is 0.240. The van der Waals surface area contributed by atoms with Gasteiger partial charge in [0.25, 0.3) is 0 Å².